The number of nitrogens with zero attached hydrogens (tertiary/aromatic N) is 3. The number of ether oxygens (including phenoxy) is 1. The van der Waals surface area contributed by atoms with E-state index in [9.17, 15) is 14.7 Å². The Bertz CT molecular complexity index is 1340. The minimum absolute atomic E-state index is 0.00937. The summed E-state index contributed by atoms with van der Waals surface area (Å²) in [6, 6.07) is 12.6. The molecular formula is C27H27ClFN3O4. The van der Waals surface area contributed by atoms with Gasteiger partial charge in [0.15, 0.2) is 23.0 Å². The standard InChI is InChI=1S/C27H27ClFN3O4/c1-4-18(5-2)30-16-32(31-15-14-21(33)25(34)24(31)27(30)35)23(17-10-8-7-9-11-17)19-12-13-20(28)22(29)26(19)36-6-3/h4,7-15,18,23,34H,1,5-6,16H2,2-3H3/t18-,23-/m1/s1. The van der Waals surface area contributed by atoms with Crippen molar-refractivity contribution in [3.8, 4) is 11.5 Å². The van der Waals surface area contributed by atoms with Crippen molar-refractivity contribution in [1.82, 2.24) is 9.58 Å². The van der Waals surface area contributed by atoms with Gasteiger partial charge in [-0.1, -0.05) is 61.0 Å². The van der Waals surface area contributed by atoms with Gasteiger partial charge in [-0.15, -0.1) is 6.58 Å². The first kappa shape index (κ1) is 25.3. The van der Waals surface area contributed by atoms with Crippen LogP contribution in [0.3, 0.4) is 0 Å². The number of benzene rings is 2. The van der Waals surface area contributed by atoms with Crippen LogP contribution in [-0.4, -0.2) is 39.9 Å². The van der Waals surface area contributed by atoms with Gasteiger partial charge in [0, 0.05) is 17.8 Å². The summed E-state index contributed by atoms with van der Waals surface area (Å²) in [7, 11) is 0. The second kappa shape index (κ2) is 10.5. The molecule has 188 valence electrons. The van der Waals surface area contributed by atoms with Crippen LogP contribution >= 0.6 is 11.6 Å². The number of aromatic nitrogens is 1. The molecule has 0 fully saturated rings. The van der Waals surface area contributed by atoms with E-state index in [4.69, 9.17) is 16.3 Å². The molecule has 7 nitrogen and oxygen atoms in total. The molecule has 0 radical (unpaired) electrons. The molecule has 3 aromatic rings. The molecule has 1 amide bonds. The number of pyridine rings is 1. The van der Waals surface area contributed by atoms with Crippen LogP contribution in [0.15, 0.2) is 72.2 Å². The second-order valence-corrected chi connectivity index (χ2v) is 8.72. The zero-order valence-corrected chi connectivity index (χ0v) is 20.8. The Balaban J connectivity index is 2.03. The molecule has 0 spiro atoms. The molecule has 4 rings (SSSR count). The number of amides is 1. The summed E-state index contributed by atoms with van der Waals surface area (Å²) in [6.45, 7) is 7.78. The topological polar surface area (TPSA) is 75.0 Å². The van der Waals surface area contributed by atoms with Gasteiger partial charge in [-0.3, -0.25) is 19.3 Å². The van der Waals surface area contributed by atoms with Crippen LogP contribution in [0.5, 0.6) is 11.5 Å². The summed E-state index contributed by atoms with van der Waals surface area (Å²) in [5.41, 5.74) is 0.384. The van der Waals surface area contributed by atoms with Gasteiger partial charge in [0.05, 0.1) is 17.7 Å². The lowest BCUT2D eigenvalue weighted by Gasteiger charge is -2.46. The molecule has 1 aliphatic heterocycles. The van der Waals surface area contributed by atoms with Crippen molar-refractivity contribution in [2.24, 2.45) is 0 Å². The summed E-state index contributed by atoms with van der Waals surface area (Å²) in [6.07, 6.45) is 3.65. The molecular weight excluding hydrogens is 485 g/mol. The van der Waals surface area contributed by atoms with Crippen LogP contribution in [-0.2, 0) is 0 Å². The monoisotopic (exact) mass is 511 g/mol. The maximum atomic E-state index is 15.2. The van der Waals surface area contributed by atoms with Gasteiger partial charge in [-0.2, -0.15) is 0 Å². The summed E-state index contributed by atoms with van der Waals surface area (Å²) >= 11 is 6.09. The van der Waals surface area contributed by atoms with Crippen LogP contribution in [0.1, 0.15) is 47.9 Å². The Hall–Kier alpha value is -3.78. The fourth-order valence-electron chi connectivity index (χ4n) is 4.53. The summed E-state index contributed by atoms with van der Waals surface area (Å²) < 4.78 is 22.4. The third-order valence-corrected chi connectivity index (χ3v) is 6.55. The lowest BCUT2D eigenvalue weighted by atomic mass is 9.96. The highest BCUT2D eigenvalue weighted by Crippen LogP contribution is 2.40. The van der Waals surface area contributed by atoms with E-state index in [1.807, 2.05) is 37.3 Å². The predicted molar refractivity (Wildman–Crippen MR) is 137 cm³/mol. The van der Waals surface area contributed by atoms with Crippen molar-refractivity contribution in [3.63, 3.8) is 0 Å². The van der Waals surface area contributed by atoms with Gasteiger partial charge in [-0.05, 0) is 25.0 Å². The lowest BCUT2D eigenvalue weighted by molar-refractivity contribution is 0.0626. The molecule has 9 heteroatoms. The summed E-state index contributed by atoms with van der Waals surface area (Å²) in [4.78, 5) is 27.4. The Kier molecular flexibility index (Phi) is 7.35. The van der Waals surface area contributed by atoms with Gasteiger partial charge in [0.2, 0.25) is 5.43 Å². The van der Waals surface area contributed by atoms with Gasteiger partial charge in [0.25, 0.3) is 5.91 Å². The Morgan fingerprint density at radius 2 is 1.89 bits per heavy atom. The van der Waals surface area contributed by atoms with Crippen LogP contribution in [0.2, 0.25) is 5.02 Å². The van der Waals surface area contributed by atoms with E-state index in [-0.39, 0.29) is 35.8 Å². The van der Waals surface area contributed by atoms with Gasteiger partial charge < -0.3 is 14.7 Å². The number of fused-ring (bicyclic) bond motifs is 1. The summed E-state index contributed by atoms with van der Waals surface area (Å²) in [5, 5.41) is 12.4. The first-order valence-corrected chi connectivity index (χ1v) is 12.0. The minimum atomic E-state index is -0.692. The van der Waals surface area contributed by atoms with E-state index >= 15 is 4.39 Å². The molecule has 2 aromatic carbocycles. The highest BCUT2D eigenvalue weighted by atomic mass is 35.5. The molecule has 0 saturated heterocycles. The van der Waals surface area contributed by atoms with Crippen molar-refractivity contribution in [2.75, 3.05) is 18.3 Å². The molecule has 1 aromatic heterocycles. The molecule has 2 atom stereocenters. The average molecular weight is 512 g/mol. The molecule has 1 N–H and O–H groups in total. The zero-order valence-electron chi connectivity index (χ0n) is 20.0. The van der Waals surface area contributed by atoms with Crippen molar-refractivity contribution in [3.05, 3.63) is 105 Å². The maximum absolute atomic E-state index is 15.2. The average Bonchev–Trinajstić information content (AvgIpc) is 2.88. The fraction of sp³-hybridized carbons (Fsp3) is 0.259. The first-order chi connectivity index (χ1) is 17.3. The van der Waals surface area contributed by atoms with Crippen LogP contribution in [0.4, 0.5) is 4.39 Å². The highest BCUT2D eigenvalue weighted by molar-refractivity contribution is 6.30. The summed E-state index contributed by atoms with van der Waals surface area (Å²) in [5.74, 6) is -1.87. The quantitative estimate of drug-likeness (QED) is 0.438. The van der Waals surface area contributed by atoms with E-state index < -0.39 is 28.9 Å². The predicted octanol–water partition coefficient (Wildman–Crippen LogP) is 4.85. The zero-order chi connectivity index (χ0) is 26.0. The molecule has 2 heterocycles. The van der Waals surface area contributed by atoms with Crippen LogP contribution < -0.4 is 15.2 Å². The second-order valence-electron chi connectivity index (χ2n) is 8.31. The lowest BCUT2D eigenvalue weighted by Crippen LogP contribution is -2.57. The number of hydrogen-bond donors (Lipinski definition) is 1. The van der Waals surface area contributed by atoms with E-state index in [1.165, 1.54) is 27.9 Å². The number of carbonyl (C=O) groups is 1. The highest BCUT2D eigenvalue weighted by Gasteiger charge is 2.39. The number of carbonyl (C=O) groups excluding carboxylic acids is 1. The number of halogens is 2. The number of aromatic hydroxyl groups is 1. The van der Waals surface area contributed by atoms with E-state index in [2.05, 4.69) is 6.58 Å². The molecule has 0 unspecified atom stereocenters. The van der Waals surface area contributed by atoms with E-state index in [1.54, 1.807) is 24.1 Å². The molecule has 0 bridgehead atoms. The van der Waals surface area contributed by atoms with Crippen molar-refractivity contribution in [2.45, 2.75) is 32.4 Å². The van der Waals surface area contributed by atoms with Crippen molar-refractivity contribution in [1.29, 1.82) is 0 Å². The van der Waals surface area contributed by atoms with Gasteiger partial charge >= 0.3 is 0 Å². The van der Waals surface area contributed by atoms with Crippen LogP contribution in [0, 0.1) is 5.82 Å². The Morgan fingerprint density at radius 1 is 1.17 bits per heavy atom. The van der Waals surface area contributed by atoms with Crippen LogP contribution in [0.25, 0.3) is 0 Å². The van der Waals surface area contributed by atoms with Crippen molar-refractivity contribution >= 4 is 17.5 Å². The Morgan fingerprint density at radius 3 is 2.53 bits per heavy atom. The third kappa shape index (κ3) is 4.33. The van der Waals surface area contributed by atoms with Gasteiger partial charge in [0.1, 0.15) is 12.7 Å². The SMILES string of the molecule is C=C[C@H](CC)N1CN([C@H](c2ccccc2)c2ccc(Cl)c(F)c2OCC)n2ccc(=O)c(O)c2C1=O. The smallest absolute Gasteiger partial charge is 0.278 e. The molecule has 36 heavy (non-hydrogen) atoms. The van der Waals surface area contributed by atoms with E-state index in [0.29, 0.717) is 12.0 Å². The molecule has 1 aliphatic rings. The van der Waals surface area contributed by atoms with Crippen molar-refractivity contribution < 1.29 is 19.0 Å². The molecule has 0 aliphatic carbocycles. The fourth-order valence-corrected chi connectivity index (χ4v) is 4.68. The molecule has 0 saturated carbocycles. The normalized spacial score (nSPS) is 14.8. The Labute approximate surface area is 213 Å². The maximum Gasteiger partial charge on any atom is 0.278 e. The third-order valence-electron chi connectivity index (χ3n) is 6.26. The minimum Gasteiger partial charge on any atom is -0.502 e. The van der Waals surface area contributed by atoms with Gasteiger partial charge in [-0.25, -0.2) is 4.39 Å². The largest absolute Gasteiger partial charge is 0.502 e. The first-order valence-electron chi connectivity index (χ1n) is 11.6. The number of hydrogen-bond acceptors (Lipinski definition) is 5. The van der Waals surface area contributed by atoms with E-state index in [0.717, 1.165) is 5.56 Å². The number of rotatable bonds is 8.